The van der Waals surface area contributed by atoms with Crippen molar-refractivity contribution in [1.82, 2.24) is 10.3 Å². The first kappa shape index (κ1) is 11.0. The van der Waals surface area contributed by atoms with Gasteiger partial charge in [-0.2, -0.15) is 0 Å². The molecule has 0 aliphatic heterocycles. The van der Waals surface area contributed by atoms with E-state index in [1.807, 2.05) is 18.6 Å². The van der Waals surface area contributed by atoms with Gasteiger partial charge in [0.1, 0.15) is 0 Å². The topological polar surface area (TPSA) is 24.9 Å². The fourth-order valence-corrected chi connectivity index (χ4v) is 1.99. The molecule has 1 aromatic heterocycles. The van der Waals surface area contributed by atoms with Crippen molar-refractivity contribution in [3.63, 3.8) is 0 Å². The van der Waals surface area contributed by atoms with E-state index in [0.29, 0.717) is 6.04 Å². The Bertz CT molecular complexity index is 224. The highest BCUT2D eigenvalue weighted by atomic mass is 35.5. The summed E-state index contributed by atoms with van der Waals surface area (Å²) >= 11 is 7.56. The Morgan fingerprint density at radius 3 is 2.92 bits per heavy atom. The number of halogens is 1. The van der Waals surface area contributed by atoms with Crippen LogP contribution < -0.4 is 5.32 Å². The fraction of sp³-hybridized carbons (Fsp3) is 0.667. The Morgan fingerprint density at radius 2 is 2.38 bits per heavy atom. The summed E-state index contributed by atoms with van der Waals surface area (Å²) in [5.74, 6) is 0. The van der Waals surface area contributed by atoms with Gasteiger partial charge in [0, 0.05) is 29.0 Å². The van der Waals surface area contributed by atoms with Crippen LogP contribution in [-0.4, -0.2) is 16.4 Å². The molecular weight excluding hydrogens is 204 g/mol. The Labute approximate surface area is 88.3 Å². The summed E-state index contributed by atoms with van der Waals surface area (Å²) in [4.78, 5) is 5.29. The monoisotopic (exact) mass is 218 g/mol. The molecule has 1 heterocycles. The molecule has 74 valence electrons. The van der Waals surface area contributed by atoms with Crippen LogP contribution in [0.15, 0.2) is 11.7 Å². The van der Waals surface area contributed by atoms with E-state index < -0.39 is 0 Å². The molecule has 1 aromatic rings. The molecule has 0 aromatic carbocycles. The first-order valence-corrected chi connectivity index (χ1v) is 5.75. The lowest BCUT2D eigenvalue weighted by atomic mass is 10.2. The normalized spacial score (nSPS) is 15.6. The van der Waals surface area contributed by atoms with Crippen LogP contribution in [0.3, 0.4) is 0 Å². The lowest BCUT2D eigenvalue weighted by Gasteiger charge is -2.13. The number of hydrogen-bond acceptors (Lipinski definition) is 3. The van der Waals surface area contributed by atoms with Gasteiger partial charge in [0.05, 0.1) is 5.51 Å². The minimum Gasteiger partial charge on any atom is -0.309 e. The maximum Gasteiger partial charge on any atom is 0.0794 e. The second-order valence-corrected chi connectivity index (χ2v) is 4.98. The number of nitrogens with zero attached hydrogens (tertiary/aromatic N) is 1. The van der Waals surface area contributed by atoms with Crippen molar-refractivity contribution in [2.24, 2.45) is 0 Å². The molecule has 2 unspecified atom stereocenters. The molecular formula is C9H15ClN2S. The van der Waals surface area contributed by atoms with Crippen molar-refractivity contribution in [2.45, 2.75) is 38.2 Å². The SMILES string of the molecule is CC(Cl)CC(C)NCc1cncs1. The van der Waals surface area contributed by atoms with Crippen LogP contribution in [0.1, 0.15) is 25.1 Å². The summed E-state index contributed by atoms with van der Waals surface area (Å²) in [5.41, 5.74) is 1.85. The second-order valence-electron chi connectivity index (χ2n) is 3.27. The van der Waals surface area contributed by atoms with Crippen molar-refractivity contribution < 1.29 is 0 Å². The van der Waals surface area contributed by atoms with Gasteiger partial charge in [0.2, 0.25) is 0 Å². The van der Waals surface area contributed by atoms with E-state index in [1.54, 1.807) is 11.3 Å². The van der Waals surface area contributed by atoms with Crippen LogP contribution in [0.2, 0.25) is 0 Å². The lowest BCUT2D eigenvalue weighted by molar-refractivity contribution is 0.514. The standard InChI is InChI=1S/C9H15ClN2S/c1-7(10)3-8(2)12-5-9-4-11-6-13-9/h4,6-8,12H,3,5H2,1-2H3. The Hall–Kier alpha value is -0.120. The molecule has 0 fully saturated rings. The second kappa shape index (κ2) is 5.58. The smallest absolute Gasteiger partial charge is 0.0794 e. The van der Waals surface area contributed by atoms with Crippen molar-refractivity contribution in [1.29, 1.82) is 0 Å². The predicted molar refractivity (Wildman–Crippen MR) is 58.3 cm³/mol. The number of nitrogens with one attached hydrogen (secondary N) is 1. The van der Waals surface area contributed by atoms with E-state index in [2.05, 4.69) is 17.2 Å². The molecule has 1 N–H and O–H groups in total. The molecule has 0 saturated heterocycles. The number of thiazole rings is 1. The van der Waals surface area contributed by atoms with Crippen molar-refractivity contribution in [3.8, 4) is 0 Å². The van der Waals surface area contributed by atoms with E-state index in [-0.39, 0.29) is 5.38 Å². The summed E-state index contributed by atoms with van der Waals surface area (Å²) in [7, 11) is 0. The molecule has 0 amide bonds. The van der Waals surface area contributed by atoms with Gasteiger partial charge in [0.25, 0.3) is 0 Å². The van der Waals surface area contributed by atoms with Crippen LogP contribution in [0.4, 0.5) is 0 Å². The van der Waals surface area contributed by atoms with Crippen LogP contribution in [0, 0.1) is 0 Å². The largest absolute Gasteiger partial charge is 0.309 e. The van der Waals surface area contributed by atoms with Gasteiger partial charge < -0.3 is 5.32 Å². The van der Waals surface area contributed by atoms with Gasteiger partial charge in [-0.05, 0) is 20.3 Å². The average Bonchev–Trinajstić information content (AvgIpc) is 2.51. The van der Waals surface area contributed by atoms with E-state index in [1.165, 1.54) is 4.88 Å². The van der Waals surface area contributed by atoms with Gasteiger partial charge in [-0.1, -0.05) is 0 Å². The molecule has 0 radical (unpaired) electrons. The van der Waals surface area contributed by atoms with E-state index in [9.17, 15) is 0 Å². The number of hydrogen-bond donors (Lipinski definition) is 1. The zero-order valence-corrected chi connectivity index (χ0v) is 9.53. The quantitative estimate of drug-likeness (QED) is 0.769. The minimum absolute atomic E-state index is 0.240. The van der Waals surface area contributed by atoms with Crippen LogP contribution in [0.25, 0.3) is 0 Å². The number of rotatable bonds is 5. The maximum absolute atomic E-state index is 5.88. The molecule has 2 nitrogen and oxygen atoms in total. The molecule has 0 saturated carbocycles. The first-order chi connectivity index (χ1) is 6.18. The molecule has 0 bridgehead atoms. The number of aromatic nitrogens is 1. The minimum atomic E-state index is 0.240. The third kappa shape index (κ3) is 4.60. The summed E-state index contributed by atoms with van der Waals surface area (Å²) in [5, 5.41) is 3.64. The molecule has 4 heteroatoms. The van der Waals surface area contributed by atoms with Gasteiger partial charge in [-0.15, -0.1) is 22.9 Å². The highest BCUT2D eigenvalue weighted by molar-refractivity contribution is 7.09. The summed E-state index contributed by atoms with van der Waals surface area (Å²) in [6.45, 7) is 5.07. The first-order valence-electron chi connectivity index (χ1n) is 4.43. The highest BCUT2D eigenvalue weighted by Crippen LogP contribution is 2.07. The van der Waals surface area contributed by atoms with E-state index >= 15 is 0 Å². The fourth-order valence-electron chi connectivity index (χ4n) is 1.17. The van der Waals surface area contributed by atoms with Crippen LogP contribution in [0.5, 0.6) is 0 Å². The third-order valence-electron chi connectivity index (χ3n) is 1.79. The van der Waals surface area contributed by atoms with Crippen molar-refractivity contribution >= 4 is 22.9 Å². The van der Waals surface area contributed by atoms with Crippen LogP contribution >= 0.6 is 22.9 Å². The predicted octanol–water partition coefficient (Wildman–Crippen LogP) is 2.64. The Morgan fingerprint density at radius 1 is 1.62 bits per heavy atom. The van der Waals surface area contributed by atoms with Crippen molar-refractivity contribution in [2.75, 3.05) is 0 Å². The molecule has 2 atom stereocenters. The zero-order chi connectivity index (χ0) is 9.68. The summed E-state index contributed by atoms with van der Waals surface area (Å²) in [6, 6.07) is 0.467. The van der Waals surface area contributed by atoms with Crippen LogP contribution in [-0.2, 0) is 6.54 Å². The van der Waals surface area contributed by atoms with Gasteiger partial charge in [0.15, 0.2) is 0 Å². The molecule has 1 rings (SSSR count). The maximum atomic E-state index is 5.88. The highest BCUT2D eigenvalue weighted by Gasteiger charge is 2.05. The Kier molecular flexibility index (Phi) is 4.70. The van der Waals surface area contributed by atoms with Gasteiger partial charge >= 0.3 is 0 Å². The summed E-state index contributed by atoms with van der Waals surface area (Å²) < 4.78 is 0. The molecule has 13 heavy (non-hydrogen) atoms. The molecule has 0 aliphatic carbocycles. The van der Waals surface area contributed by atoms with E-state index in [0.717, 1.165) is 13.0 Å². The summed E-state index contributed by atoms with van der Waals surface area (Å²) in [6.07, 6.45) is 2.90. The third-order valence-corrected chi connectivity index (χ3v) is 2.74. The molecule has 0 spiro atoms. The molecule has 0 aliphatic rings. The van der Waals surface area contributed by atoms with E-state index in [4.69, 9.17) is 11.6 Å². The van der Waals surface area contributed by atoms with Gasteiger partial charge in [-0.25, -0.2) is 0 Å². The number of alkyl halides is 1. The zero-order valence-electron chi connectivity index (χ0n) is 7.96. The lowest BCUT2D eigenvalue weighted by Crippen LogP contribution is -2.27. The average molecular weight is 219 g/mol. The van der Waals surface area contributed by atoms with Gasteiger partial charge in [-0.3, -0.25) is 4.98 Å². The Balaban J connectivity index is 2.19. The van der Waals surface area contributed by atoms with Crippen molar-refractivity contribution in [3.05, 3.63) is 16.6 Å².